The molecule has 0 saturated carbocycles. The van der Waals surface area contributed by atoms with Gasteiger partial charge in [-0.15, -0.1) is 0 Å². The van der Waals surface area contributed by atoms with Crippen LogP contribution in [0.1, 0.15) is 18.9 Å². The van der Waals surface area contributed by atoms with E-state index in [2.05, 4.69) is 16.8 Å². The van der Waals surface area contributed by atoms with Crippen LogP contribution in [0.25, 0.3) is 0 Å². The molecule has 4 nitrogen and oxygen atoms in total. The van der Waals surface area contributed by atoms with Crippen molar-refractivity contribution in [2.75, 3.05) is 25.1 Å². The molecule has 1 aromatic heterocycles. The molecule has 1 fully saturated rings. The number of anilines is 1. The van der Waals surface area contributed by atoms with Crippen molar-refractivity contribution in [3.63, 3.8) is 0 Å². The standard InChI is InChI=1S/C13H20N2O2/c1-10-4-6-15(8-13(10)17-2)12-7-14-5-3-11(12)9-16/h3,5,7,10,13,16H,4,6,8-9H2,1-2H3. The van der Waals surface area contributed by atoms with Gasteiger partial charge in [-0.2, -0.15) is 0 Å². The SMILES string of the molecule is COC1CN(c2cnccc2CO)CCC1C. The Bertz CT molecular complexity index is 370. The van der Waals surface area contributed by atoms with Gasteiger partial charge in [0.05, 0.1) is 24.6 Å². The molecule has 2 unspecified atom stereocenters. The first-order valence-corrected chi connectivity index (χ1v) is 6.07. The summed E-state index contributed by atoms with van der Waals surface area (Å²) in [7, 11) is 1.76. The number of pyridine rings is 1. The maximum atomic E-state index is 9.34. The molecule has 0 aliphatic carbocycles. The van der Waals surface area contributed by atoms with Crippen molar-refractivity contribution in [2.24, 2.45) is 5.92 Å². The summed E-state index contributed by atoms with van der Waals surface area (Å²) in [4.78, 5) is 6.40. The number of hydrogen-bond acceptors (Lipinski definition) is 4. The molecule has 2 rings (SSSR count). The van der Waals surface area contributed by atoms with Crippen LogP contribution in [0.3, 0.4) is 0 Å². The summed E-state index contributed by atoms with van der Waals surface area (Å²) in [6, 6.07) is 1.87. The lowest BCUT2D eigenvalue weighted by molar-refractivity contribution is 0.0497. The third-order valence-corrected chi connectivity index (χ3v) is 3.59. The highest BCUT2D eigenvalue weighted by atomic mass is 16.5. The minimum Gasteiger partial charge on any atom is -0.392 e. The second kappa shape index (κ2) is 5.47. The molecule has 94 valence electrons. The predicted molar refractivity (Wildman–Crippen MR) is 67.0 cm³/mol. The number of piperidine rings is 1. The van der Waals surface area contributed by atoms with E-state index in [1.807, 2.05) is 12.3 Å². The van der Waals surface area contributed by atoms with E-state index in [1.165, 1.54) is 0 Å². The van der Waals surface area contributed by atoms with E-state index in [9.17, 15) is 5.11 Å². The van der Waals surface area contributed by atoms with Gasteiger partial charge >= 0.3 is 0 Å². The minimum absolute atomic E-state index is 0.0571. The topological polar surface area (TPSA) is 45.6 Å². The molecule has 0 radical (unpaired) electrons. The first-order chi connectivity index (χ1) is 8.26. The summed E-state index contributed by atoms with van der Waals surface area (Å²) in [5.74, 6) is 0.588. The van der Waals surface area contributed by atoms with E-state index in [0.29, 0.717) is 5.92 Å². The van der Waals surface area contributed by atoms with E-state index in [1.54, 1.807) is 13.3 Å². The van der Waals surface area contributed by atoms with Crippen molar-refractivity contribution < 1.29 is 9.84 Å². The van der Waals surface area contributed by atoms with Crippen molar-refractivity contribution in [1.29, 1.82) is 0 Å². The molecule has 1 aromatic rings. The maximum Gasteiger partial charge on any atom is 0.0772 e. The predicted octanol–water partition coefficient (Wildman–Crippen LogP) is 1.44. The third-order valence-electron chi connectivity index (χ3n) is 3.59. The minimum atomic E-state index is 0.0571. The second-order valence-electron chi connectivity index (χ2n) is 4.65. The van der Waals surface area contributed by atoms with Crippen LogP contribution in [0.5, 0.6) is 0 Å². The zero-order valence-corrected chi connectivity index (χ0v) is 10.5. The van der Waals surface area contributed by atoms with E-state index in [4.69, 9.17) is 4.74 Å². The van der Waals surface area contributed by atoms with E-state index < -0.39 is 0 Å². The molecule has 1 saturated heterocycles. The quantitative estimate of drug-likeness (QED) is 0.862. The number of rotatable bonds is 3. The van der Waals surface area contributed by atoms with Gasteiger partial charge in [0.1, 0.15) is 0 Å². The normalized spacial score (nSPS) is 25.0. The van der Waals surface area contributed by atoms with E-state index in [0.717, 1.165) is 30.8 Å². The average molecular weight is 236 g/mol. The highest BCUT2D eigenvalue weighted by Gasteiger charge is 2.27. The summed E-state index contributed by atoms with van der Waals surface area (Å²) in [5.41, 5.74) is 1.97. The Morgan fingerprint density at radius 2 is 2.41 bits per heavy atom. The molecular weight excluding hydrogens is 216 g/mol. The van der Waals surface area contributed by atoms with E-state index >= 15 is 0 Å². The first-order valence-electron chi connectivity index (χ1n) is 6.07. The van der Waals surface area contributed by atoms with Gasteiger partial charge in [0.2, 0.25) is 0 Å². The molecule has 0 spiro atoms. The van der Waals surface area contributed by atoms with Gasteiger partial charge in [-0.05, 0) is 18.4 Å². The van der Waals surface area contributed by atoms with Gasteiger partial charge in [-0.3, -0.25) is 4.98 Å². The van der Waals surface area contributed by atoms with Gasteiger partial charge < -0.3 is 14.7 Å². The fourth-order valence-corrected chi connectivity index (χ4v) is 2.39. The molecule has 0 amide bonds. The van der Waals surface area contributed by atoms with Gasteiger partial charge in [0, 0.05) is 32.0 Å². The number of nitrogens with zero attached hydrogens (tertiary/aromatic N) is 2. The third kappa shape index (κ3) is 2.58. The van der Waals surface area contributed by atoms with E-state index in [-0.39, 0.29) is 12.7 Å². The van der Waals surface area contributed by atoms with Crippen molar-refractivity contribution in [1.82, 2.24) is 4.98 Å². The second-order valence-corrected chi connectivity index (χ2v) is 4.65. The number of hydrogen-bond donors (Lipinski definition) is 1. The fourth-order valence-electron chi connectivity index (χ4n) is 2.39. The zero-order valence-electron chi connectivity index (χ0n) is 10.5. The van der Waals surface area contributed by atoms with Crippen LogP contribution < -0.4 is 4.90 Å². The lowest BCUT2D eigenvalue weighted by Gasteiger charge is -2.38. The van der Waals surface area contributed by atoms with Gasteiger partial charge in [0.25, 0.3) is 0 Å². The van der Waals surface area contributed by atoms with Crippen LogP contribution in [0, 0.1) is 5.92 Å². The number of methoxy groups -OCH3 is 1. The summed E-state index contributed by atoms with van der Waals surface area (Å²) >= 11 is 0. The fraction of sp³-hybridized carbons (Fsp3) is 0.615. The lowest BCUT2D eigenvalue weighted by atomic mass is 9.95. The number of aliphatic hydroxyl groups is 1. The van der Waals surface area contributed by atoms with Crippen molar-refractivity contribution >= 4 is 5.69 Å². The smallest absolute Gasteiger partial charge is 0.0772 e. The molecular formula is C13H20N2O2. The lowest BCUT2D eigenvalue weighted by Crippen LogP contribution is -2.44. The summed E-state index contributed by atoms with van der Waals surface area (Å²) in [5, 5.41) is 9.34. The Kier molecular flexibility index (Phi) is 3.97. The van der Waals surface area contributed by atoms with Gasteiger partial charge in [0.15, 0.2) is 0 Å². The maximum absolute atomic E-state index is 9.34. The van der Waals surface area contributed by atoms with Crippen LogP contribution in [0.15, 0.2) is 18.5 Å². The van der Waals surface area contributed by atoms with Crippen molar-refractivity contribution in [2.45, 2.75) is 26.1 Å². The van der Waals surface area contributed by atoms with Gasteiger partial charge in [-0.25, -0.2) is 0 Å². The Morgan fingerprint density at radius 1 is 1.59 bits per heavy atom. The van der Waals surface area contributed by atoms with Gasteiger partial charge in [-0.1, -0.05) is 6.92 Å². The first kappa shape index (κ1) is 12.3. The van der Waals surface area contributed by atoms with Crippen LogP contribution in [0.2, 0.25) is 0 Å². The molecule has 4 heteroatoms. The summed E-state index contributed by atoms with van der Waals surface area (Å²) < 4.78 is 5.50. The molecule has 1 aliphatic heterocycles. The molecule has 1 N–H and O–H groups in total. The zero-order chi connectivity index (χ0) is 12.3. The summed E-state index contributed by atoms with van der Waals surface area (Å²) in [6.45, 7) is 4.15. The van der Waals surface area contributed by atoms with Crippen LogP contribution in [0.4, 0.5) is 5.69 Å². The highest BCUT2D eigenvalue weighted by molar-refractivity contribution is 5.51. The van der Waals surface area contributed by atoms with Crippen LogP contribution >= 0.6 is 0 Å². The van der Waals surface area contributed by atoms with Crippen LogP contribution in [-0.2, 0) is 11.3 Å². The molecule has 1 aliphatic rings. The molecule has 0 aromatic carbocycles. The van der Waals surface area contributed by atoms with Crippen molar-refractivity contribution in [3.8, 4) is 0 Å². The molecule has 0 bridgehead atoms. The number of aromatic nitrogens is 1. The van der Waals surface area contributed by atoms with Crippen LogP contribution in [-0.4, -0.2) is 36.4 Å². The number of aliphatic hydroxyl groups excluding tert-OH is 1. The summed E-state index contributed by atoms with van der Waals surface area (Å²) in [6.07, 6.45) is 4.91. The number of ether oxygens (including phenoxy) is 1. The van der Waals surface area contributed by atoms with Crippen molar-refractivity contribution in [3.05, 3.63) is 24.0 Å². The monoisotopic (exact) mass is 236 g/mol. The largest absolute Gasteiger partial charge is 0.392 e. The average Bonchev–Trinajstić information content (AvgIpc) is 2.39. The Hall–Kier alpha value is -1.13. The Balaban J connectivity index is 2.17. The molecule has 2 atom stereocenters. The Labute approximate surface area is 102 Å². The molecule has 2 heterocycles. The Morgan fingerprint density at radius 3 is 3.12 bits per heavy atom. The highest BCUT2D eigenvalue weighted by Crippen LogP contribution is 2.26. The molecule has 17 heavy (non-hydrogen) atoms.